The molecule has 0 spiro atoms. The molecule has 0 radical (unpaired) electrons. The number of methoxy groups -OCH3 is 1. The quantitative estimate of drug-likeness (QED) is 0.600. The van der Waals surface area contributed by atoms with Crippen LogP contribution < -0.4 is 10.1 Å². The number of nitrogens with one attached hydrogen (secondary N) is 1. The van der Waals surface area contributed by atoms with E-state index < -0.39 is 5.25 Å². The van der Waals surface area contributed by atoms with Crippen LogP contribution in [-0.4, -0.2) is 38.0 Å². The van der Waals surface area contributed by atoms with Gasteiger partial charge in [0, 0.05) is 12.3 Å². The minimum atomic E-state index is -0.466. The molecule has 2 heterocycles. The summed E-state index contributed by atoms with van der Waals surface area (Å²) in [5.74, 6) is 0.705. The highest BCUT2D eigenvalue weighted by Gasteiger charge is 2.20. The van der Waals surface area contributed by atoms with Gasteiger partial charge in [-0.3, -0.25) is 9.36 Å². The Bertz CT molecular complexity index is 966. The molecule has 0 unspecified atom stereocenters. The number of rotatable bonds is 6. The molecule has 1 atom stereocenters. The molecule has 140 valence electrons. The van der Waals surface area contributed by atoms with Gasteiger partial charge in [-0.2, -0.15) is 0 Å². The summed E-state index contributed by atoms with van der Waals surface area (Å²) in [6, 6.07) is 8.99. The van der Waals surface area contributed by atoms with Crippen molar-refractivity contribution < 1.29 is 9.53 Å². The number of hydrogen-bond acceptors (Lipinski definition) is 6. The van der Waals surface area contributed by atoms with Gasteiger partial charge in [-0.25, -0.2) is 4.98 Å². The third-order valence-corrected chi connectivity index (χ3v) is 5.10. The average Bonchev–Trinajstić information content (AvgIpc) is 3.12. The maximum atomic E-state index is 12.5. The predicted octanol–water partition coefficient (Wildman–Crippen LogP) is 4.10. The van der Waals surface area contributed by atoms with Gasteiger partial charge in [0.25, 0.3) is 0 Å². The Morgan fingerprint density at radius 2 is 2.15 bits per heavy atom. The van der Waals surface area contributed by atoms with Gasteiger partial charge in [-0.1, -0.05) is 41.0 Å². The molecule has 0 bridgehead atoms. The van der Waals surface area contributed by atoms with Crippen LogP contribution in [0.4, 0.5) is 5.82 Å². The highest BCUT2D eigenvalue weighted by Crippen LogP contribution is 2.27. The number of carbonyl (C=O) groups excluding carboxylic acids is 1. The Kier molecular flexibility index (Phi) is 6.20. The highest BCUT2D eigenvalue weighted by molar-refractivity contribution is 8.00. The zero-order valence-corrected chi connectivity index (χ0v) is 16.7. The largest absolute Gasteiger partial charge is 0.497 e. The minimum Gasteiger partial charge on any atom is -0.497 e. The Hall–Kier alpha value is -2.29. The fraction of sp³-hybridized carbons (Fsp3) is 0.176. The lowest BCUT2D eigenvalue weighted by Gasteiger charge is -2.13. The molecule has 0 fully saturated rings. The van der Waals surface area contributed by atoms with Crippen molar-refractivity contribution in [2.45, 2.75) is 17.3 Å². The van der Waals surface area contributed by atoms with Gasteiger partial charge in [-0.05, 0) is 25.1 Å². The Balaban J connectivity index is 1.73. The lowest BCUT2D eigenvalue weighted by molar-refractivity contribution is -0.115. The molecule has 0 aliphatic heterocycles. The maximum Gasteiger partial charge on any atom is 0.238 e. The topological polar surface area (TPSA) is 81.9 Å². The first-order valence-corrected chi connectivity index (χ1v) is 9.44. The van der Waals surface area contributed by atoms with E-state index in [4.69, 9.17) is 27.9 Å². The summed E-state index contributed by atoms with van der Waals surface area (Å²) in [7, 11) is 1.60. The van der Waals surface area contributed by atoms with E-state index in [2.05, 4.69) is 20.5 Å². The molecule has 0 saturated carbocycles. The van der Waals surface area contributed by atoms with Gasteiger partial charge in [0.05, 0.1) is 28.1 Å². The Morgan fingerprint density at radius 1 is 1.33 bits per heavy atom. The van der Waals surface area contributed by atoms with Gasteiger partial charge >= 0.3 is 0 Å². The summed E-state index contributed by atoms with van der Waals surface area (Å²) < 4.78 is 7.03. The van der Waals surface area contributed by atoms with E-state index in [9.17, 15) is 4.79 Å². The molecule has 3 rings (SSSR count). The molecule has 27 heavy (non-hydrogen) atoms. The third-order valence-electron chi connectivity index (χ3n) is 3.55. The average molecular weight is 424 g/mol. The van der Waals surface area contributed by atoms with Crippen LogP contribution in [0.2, 0.25) is 10.0 Å². The molecule has 1 aromatic carbocycles. The minimum absolute atomic E-state index is 0.257. The number of halogens is 2. The van der Waals surface area contributed by atoms with Gasteiger partial charge < -0.3 is 10.1 Å². The van der Waals surface area contributed by atoms with Crippen molar-refractivity contribution in [3.05, 3.63) is 52.9 Å². The van der Waals surface area contributed by atoms with E-state index >= 15 is 0 Å². The number of thioether (sulfide) groups is 1. The summed E-state index contributed by atoms with van der Waals surface area (Å²) in [5.41, 5.74) is 0.830. The predicted molar refractivity (Wildman–Crippen MR) is 106 cm³/mol. The fourth-order valence-electron chi connectivity index (χ4n) is 2.18. The Labute approximate surface area is 170 Å². The molecule has 0 aliphatic carbocycles. The fourth-order valence-corrected chi connectivity index (χ4v) is 3.45. The molecule has 0 saturated heterocycles. The zero-order chi connectivity index (χ0) is 19.4. The van der Waals surface area contributed by atoms with Crippen molar-refractivity contribution in [3.63, 3.8) is 0 Å². The molecule has 2 aromatic heterocycles. The standard InChI is InChI=1S/C17H15Cl2N5O2S/c1-10(16(25)22-15-14(19)6-11(18)8-20-15)27-17-23-21-9-24(17)12-4-3-5-13(7-12)26-2/h3-10H,1-2H3,(H,20,22,25)/t10-/m0/s1. The van der Waals surface area contributed by atoms with Crippen molar-refractivity contribution in [1.29, 1.82) is 0 Å². The summed E-state index contributed by atoms with van der Waals surface area (Å²) in [6.07, 6.45) is 3.00. The molecule has 7 nitrogen and oxygen atoms in total. The second kappa shape index (κ2) is 8.60. The summed E-state index contributed by atoms with van der Waals surface area (Å²) >= 11 is 13.1. The van der Waals surface area contributed by atoms with Gasteiger partial charge in [-0.15, -0.1) is 10.2 Å². The smallest absolute Gasteiger partial charge is 0.238 e. The number of anilines is 1. The SMILES string of the molecule is COc1cccc(-n2cnnc2S[C@@H](C)C(=O)Nc2ncc(Cl)cc2Cl)c1. The number of pyridine rings is 1. The van der Waals surface area contributed by atoms with Gasteiger partial charge in [0.15, 0.2) is 11.0 Å². The lowest BCUT2D eigenvalue weighted by Crippen LogP contribution is -2.23. The van der Waals surface area contributed by atoms with Crippen LogP contribution in [0.3, 0.4) is 0 Å². The van der Waals surface area contributed by atoms with Crippen molar-refractivity contribution in [2.75, 3.05) is 12.4 Å². The zero-order valence-electron chi connectivity index (χ0n) is 14.4. The normalized spacial score (nSPS) is 11.9. The molecule has 0 aliphatic rings. The number of benzene rings is 1. The van der Waals surface area contributed by atoms with Crippen LogP contribution in [0, 0.1) is 0 Å². The first-order chi connectivity index (χ1) is 13.0. The molecular formula is C17H15Cl2N5O2S. The lowest BCUT2D eigenvalue weighted by atomic mass is 10.3. The number of amides is 1. The highest BCUT2D eigenvalue weighted by atomic mass is 35.5. The first-order valence-electron chi connectivity index (χ1n) is 7.81. The number of ether oxygens (including phenoxy) is 1. The van der Waals surface area contributed by atoms with E-state index in [0.29, 0.717) is 15.9 Å². The summed E-state index contributed by atoms with van der Waals surface area (Å²) in [5, 5.41) is 11.5. The number of aromatic nitrogens is 4. The summed E-state index contributed by atoms with van der Waals surface area (Å²) in [4.78, 5) is 16.5. The van der Waals surface area contributed by atoms with Crippen LogP contribution in [0.25, 0.3) is 5.69 Å². The Morgan fingerprint density at radius 3 is 2.89 bits per heavy atom. The van der Waals surface area contributed by atoms with E-state index in [-0.39, 0.29) is 16.7 Å². The van der Waals surface area contributed by atoms with E-state index in [1.165, 1.54) is 24.0 Å². The molecule has 1 N–H and O–H groups in total. The molecular weight excluding hydrogens is 409 g/mol. The van der Waals surface area contributed by atoms with Crippen LogP contribution in [0.5, 0.6) is 5.75 Å². The van der Waals surface area contributed by atoms with E-state index in [1.54, 1.807) is 24.9 Å². The van der Waals surface area contributed by atoms with Crippen LogP contribution in [-0.2, 0) is 4.79 Å². The van der Waals surface area contributed by atoms with E-state index in [0.717, 1.165) is 5.69 Å². The molecule has 10 heteroatoms. The van der Waals surface area contributed by atoms with Crippen LogP contribution in [0.15, 0.2) is 48.0 Å². The molecule has 1 amide bonds. The second-order valence-electron chi connectivity index (χ2n) is 5.42. The van der Waals surface area contributed by atoms with Crippen LogP contribution >= 0.6 is 35.0 Å². The van der Waals surface area contributed by atoms with Crippen LogP contribution in [0.1, 0.15) is 6.92 Å². The maximum absolute atomic E-state index is 12.5. The monoisotopic (exact) mass is 423 g/mol. The van der Waals surface area contributed by atoms with Crippen molar-refractivity contribution in [1.82, 2.24) is 19.7 Å². The molecule has 3 aromatic rings. The number of hydrogen-bond donors (Lipinski definition) is 1. The second-order valence-corrected chi connectivity index (χ2v) is 7.57. The van der Waals surface area contributed by atoms with Gasteiger partial charge in [0.1, 0.15) is 12.1 Å². The van der Waals surface area contributed by atoms with Gasteiger partial charge in [0.2, 0.25) is 5.91 Å². The van der Waals surface area contributed by atoms with Crippen molar-refractivity contribution >= 4 is 46.7 Å². The number of carbonyl (C=O) groups is 1. The van der Waals surface area contributed by atoms with Crippen molar-refractivity contribution in [2.24, 2.45) is 0 Å². The van der Waals surface area contributed by atoms with E-state index in [1.807, 2.05) is 24.3 Å². The first kappa shape index (κ1) is 19.5. The third kappa shape index (κ3) is 4.71. The summed E-state index contributed by atoms with van der Waals surface area (Å²) in [6.45, 7) is 1.76. The number of nitrogens with zero attached hydrogens (tertiary/aromatic N) is 4. The van der Waals surface area contributed by atoms with Crippen molar-refractivity contribution in [3.8, 4) is 11.4 Å².